The van der Waals surface area contributed by atoms with E-state index in [4.69, 9.17) is 21.1 Å². The van der Waals surface area contributed by atoms with Crippen molar-refractivity contribution in [3.8, 4) is 0 Å². The van der Waals surface area contributed by atoms with Gasteiger partial charge in [0.2, 0.25) is 0 Å². The molecule has 0 N–H and O–H groups in total. The highest BCUT2D eigenvalue weighted by molar-refractivity contribution is 6.30. The van der Waals surface area contributed by atoms with Gasteiger partial charge in [-0.15, -0.1) is 0 Å². The third-order valence-corrected chi connectivity index (χ3v) is 2.92. The van der Waals surface area contributed by atoms with Crippen molar-refractivity contribution in [2.45, 2.75) is 12.4 Å². The topological polar surface area (TPSA) is 18.5 Å². The van der Waals surface area contributed by atoms with Crippen LogP contribution < -0.4 is 0 Å². The molecule has 1 aromatic rings. The van der Waals surface area contributed by atoms with E-state index in [9.17, 15) is 0 Å². The summed E-state index contributed by atoms with van der Waals surface area (Å²) in [6.07, 6.45) is -0.229. The molecule has 2 bridgehead atoms. The molecule has 3 heteroatoms. The predicted octanol–water partition coefficient (Wildman–Crippen LogP) is 2.78. The van der Waals surface area contributed by atoms with E-state index in [1.165, 1.54) is 0 Å². The molecular formula is C11H9ClO2. The zero-order valence-electron chi connectivity index (χ0n) is 7.50. The van der Waals surface area contributed by atoms with Crippen LogP contribution in [0.15, 0.2) is 24.8 Å². The van der Waals surface area contributed by atoms with Gasteiger partial charge in [-0.1, -0.05) is 24.2 Å². The minimum atomic E-state index is -0.251. The van der Waals surface area contributed by atoms with Gasteiger partial charge in [-0.25, -0.2) is 0 Å². The smallest absolute Gasteiger partial charge is 0.185 e. The van der Waals surface area contributed by atoms with Gasteiger partial charge in [0.1, 0.15) is 6.10 Å². The Balaban J connectivity index is 2.21. The molecular weight excluding hydrogens is 200 g/mol. The van der Waals surface area contributed by atoms with E-state index in [2.05, 4.69) is 6.58 Å². The summed E-state index contributed by atoms with van der Waals surface area (Å²) in [5, 5.41) is 0.703. The highest BCUT2D eigenvalue weighted by Crippen LogP contribution is 2.42. The fourth-order valence-corrected chi connectivity index (χ4v) is 2.12. The molecule has 1 saturated heterocycles. The molecule has 0 saturated carbocycles. The van der Waals surface area contributed by atoms with E-state index in [0.717, 1.165) is 16.7 Å². The zero-order valence-corrected chi connectivity index (χ0v) is 8.25. The van der Waals surface area contributed by atoms with Gasteiger partial charge < -0.3 is 9.47 Å². The van der Waals surface area contributed by atoms with Crippen LogP contribution in [0.2, 0.25) is 5.02 Å². The molecule has 0 spiro atoms. The van der Waals surface area contributed by atoms with Crippen LogP contribution in [0.4, 0.5) is 0 Å². The van der Waals surface area contributed by atoms with Crippen molar-refractivity contribution < 1.29 is 9.47 Å². The van der Waals surface area contributed by atoms with Crippen LogP contribution in [0.5, 0.6) is 0 Å². The average molecular weight is 209 g/mol. The van der Waals surface area contributed by atoms with Crippen molar-refractivity contribution in [3.63, 3.8) is 0 Å². The molecule has 2 heterocycles. The Morgan fingerprint density at radius 3 is 3.14 bits per heavy atom. The number of halogens is 1. The molecule has 2 aliphatic heterocycles. The SMILES string of the molecule is C=C1c2ccc(Cl)cc2C2OCC1O2. The third kappa shape index (κ3) is 1.05. The number of ether oxygens (including phenoxy) is 2. The lowest BCUT2D eigenvalue weighted by Crippen LogP contribution is -2.17. The molecule has 72 valence electrons. The van der Waals surface area contributed by atoms with Crippen LogP contribution in [0.25, 0.3) is 5.57 Å². The van der Waals surface area contributed by atoms with Gasteiger partial charge in [-0.2, -0.15) is 0 Å². The number of fused-ring (bicyclic) bond motifs is 4. The first kappa shape index (κ1) is 8.48. The lowest BCUT2D eigenvalue weighted by molar-refractivity contribution is -0.0558. The first-order valence-corrected chi connectivity index (χ1v) is 4.89. The number of rotatable bonds is 0. The first-order chi connectivity index (χ1) is 6.75. The van der Waals surface area contributed by atoms with Crippen LogP contribution in [0.1, 0.15) is 17.4 Å². The van der Waals surface area contributed by atoms with Gasteiger partial charge in [0, 0.05) is 10.6 Å². The Hall–Kier alpha value is -0.830. The fourth-order valence-electron chi connectivity index (χ4n) is 1.94. The summed E-state index contributed by atoms with van der Waals surface area (Å²) in [5.74, 6) is 0. The van der Waals surface area contributed by atoms with Gasteiger partial charge in [0.15, 0.2) is 6.29 Å². The molecule has 2 unspecified atom stereocenters. The highest BCUT2D eigenvalue weighted by Gasteiger charge is 2.37. The molecule has 2 nitrogen and oxygen atoms in total. The molecule has 0 aromatic heterocycles. The van der Waals surface area contributed by atoms with Crippen molar-refractivity contribution >= 4 is 17.2 Å². The summed E-state index contributed by atoms with van der Waals surface area (Å²) in [6.45, 7) is 4.61. The minimum Gasteiger partial charge on any atom is -0.345 e. The van der Waals surface area contributed by atoms with Crippen molar-refractivity contribution in [3.05, 3.63) is 40.9 Å². The summed E-state index contributed by atoms with van der Waals surface area (Å²) < 4.78 is 11.1. The average Bonchev–Trinajstić information content (AvgIpc) is 2.60. The number of hydrogen-bond donors (Lipinski definition) is 0. The maximum absolute atomic E-state index is 5.92. The summed E-state index contributed by atoms with van der Waals surface area (Å²) in [4.78, 5) is 0. The lowest BCUT2D eigenvalue weighted by atomic mass is 9.95. The van der Waals surface area contributed by atoms with E-state index >= 15 is 0 Å². The highest BCUT2D eigenvalue weighted by atomic mass is 35.5. The second-order valence-electron chi connectivity index (χ2n) is 3.55. The van der Waals surface area contributed by atoms with E-state index in [0.29, 0.717) is 11.6 Å². The van der Waals surface area contributed by atoms with Crippen LogP contribution in [0.3, 0.4) is 0 Å². The van der Waals surface area contributed by atoms with Gasteiger partial charge in [0.05, 0.1) is 6.61 Å². The number of benzene rings is 1. The van der Waals surface area contributed by atoms with Crippen molar-refractivity contribution in [1.29, 1.82) is 0 Å². The molecule has 0 amide bonds. The van der Waals surface area contributed by atoms with Gasteiger partial charge in [-0.05, 0) is 23.3 Å². The van der Waals surface area contributed by atoms with Crippen LogP contribution in [0, 0.1) is 0 Å². The largest absolute Gasteiger partial charge is 0.345 e. The molecule has 1 aromatic carbocycles. The molecule has 0 aliphatic carbocycles. The van der Waals surface area contributed by atoms with Crippen molar-refractivity contribution in [1.82, 2.24) is 0 Å². The number of hydrogen-bond acceptors (Lipinski definition) is 2. The maximum atomic E-state index is 5.92. The Morgan fingerprint density at radius 1 is 1.43 bits per heavy atom. The van der Waals surface area contributed by atoms with E-state index in [1.54, 1.807) is 0 Å². The lowest BCUT2D eigenvalue weighted by Gasteiger charge is -2.23. The van der Waals surface area contributed by atoms with Gasteiger partial charge in [-0.3, -0.25) is 0 Å². The second-order valence-corrected chi connectivity index (χ2v) is 3.98. The molecule has 1 fully saturated rings. The normalized spacial score (nSPS) is 29.1. The minimum absolute atomic E-state index is 0.0219. The summed E-state index contributed by atoms with van der Waals surface area (Å²) in [5.41, 5.74) is 3.11. The van der Waals surface area contributed by atoms with E-state index in [1.807, 2.05) is 18.2 Å². The summed E-state index contributed by atoms with van der Waals surface area (Å²) in [6, 6.07) is 5.74. The van der Waals surface area contributed by atoms with E-state index in [-0.39, 0.29) is 12.4 Å². The fraction of sp³-hybridized carbons (Fsp3) is 0.273. The zero-order chi connectivity index (χ0) is 9.71. The molecule has 3 rings (SSSR count). The maximum Gasteiger partial charge on any atom is 0.185 e. The third-order valence-electron chi connectivity index (χ3n) is 2.69. The predicted molar refractivity (Wildman–Crippen MR) is 54.1 cm³/mol. The monoisotopic (exact) mass is 208 g/mol. The van der Waals surface area contributed by atoms with Crippen molar-refractivity contribution in [2.75, 3.05) is 6.61 Å². The van der Waals surface area contributed by atoms with Gasteiger partial charge >= 0.3 is 0 Å². The molecule has 14 heavy (non-hydrogen) atoms. The van der Waals surface area contributed by atoms with Crippen LogP contribution in [-0.2, 0) is 9.47 Å². The molecule has 2 aliphatic rings. The van der Waals surface area contributed by atoms with Crippen LogP contribution in [-0.4, -0.2) is 12.7 Å². The van der Waals surface area contributed by atoms with Gasteiger partial charge in [0.25, 0.3) is 0 Å². The summed E-state index contributed by atoms with van der Waals surface area (Å²) in [7, 11) is 0. The Morgan fingerprint density at radius 2 is 2.29 bits per heavy atom. The Kier molecular flexibility index (Phi) is 1.71. The molecule has 0 radical (unpaired) electrons. The summed E-state index contributed by atoms with van der Waals surface area (Å²) >= 11 is 5.92. The Labute approximate surface area is 87.1 Å². The molecule has 2 atom stereocenters. The Bertz CT molecular complexity index is 414. The second kappa shape index (κ2) is 2.83. The van der Waals surface area contributed by atoms with E-state index < -0.39 is 0 Å². The first-order valence-electron chi connectivity index (χ1n) is 4.51. The van der Waals surface area contributed by atoms with Crippen molar-refractivity contribution in [2.24, 2.45) is 0 Å². The van der Waals surface area contributed by atoms with Crippen LogP contribution >= 0.6 is 11.6 Å². The quantitative estimate of drug-likeness (QED) is 0.653. The standard InChI is InChI=1S/C11H9ClO2/c1-6-8-3-2-7(12)4-9(8)11-13-5-10(6)14-11/h2-4,10-11H,1,5H2.